The molecule has 0 saturated carbocycles. The minimum absolute atomic E-state index is 0.245. The van der Waals surface area contributed by atoms with Crippen molar-refractivity contribution in [1.82, 2.24) is 15.2 Å². The van der Waals surface area contributed by atoms with Crippen LogP contribution in [0.15, 0.2) is 30.3 Å². The Bertz CT molecular complexity index is 793. The maximum absolute atomic E-state index is 12.4. The Morgan fingerprint density at radius 1 is 1.40 bits per heavy atom. The van der Waals surface area contributed by atoms with E-state index in [9.17, 15) is 9.59 Å². The molecule has 0 bridgehead atoms. The SMILES string of the molecule is COc1cc(CNC(=O)N2CCCC(C(=O)O)C2)c2ccccc2n1. The lowest BCUT2D eigenvalue weighted by Crippen LogP contribution is -2.46. The summed E-state index contributed by atoms with van der Waals surface area (Å²) in [7, 11) is 1.55. The number of methoxy groups -OCH3 is 1. The summed E-state index contributed by atoms with van der Waals surface area (Å²) in [5.74, 6) is -0.837. The number of carboxylic acids is 1. The highest BCUT2D eigenvalue weighted by Crippen LogP contribution is 2.22. The van der Waals surface area contributed by atoms with Crippen molar-refractivity contribution in [3.63, 3.8) is 0 Å². The largest absolute Gasteiger partial charge is 0.481 e. The summed E-state index contributed by atoms with van der Waals surface area (Å²) in [6, 6.07) is 9.22. The molecule has 2 heterocycles. The van der Waals surface area contributed by atoms with Gasteiger partial charge >= 0.3 is 12.0 Å². The van der Waals surface area contributed by atoms with Crippen LogP contribution in [0.5, 0.6) is 5.88 Å². The minimum atomic E-state index is -0.845. The molecule has 1 aromatic heterocycles. The number of nitrogens with one attached hydrogen (secondary N) is 1. The monoisotopic (exact) mass is 343 g/mol. The van der Waals surface area contributed by atoms with Crippen LogP contribution >= 0.6 is 0 Å². The number of aromatic nitrogens is 1. The lowest BCUT2D eigenvalue weighted by atomic mass is 9.99. The highest BCUT2D eigenvalue weighted by atomic mass is 16.5. The molecule has 0 spiro atoms. The number of para-hydroxylation sites is 1. The van der Waals surface area contributed by atoms with Crippen molar-refractivity contribution in [2.45, 2.75) is 19.4 Å². The first-order chi connectivity index (χ1) is 12.1. The van der Waals surface area contributed by atoms with Gasteiger partial charge in [0.15, 0.2) is 0 Å². The summed E-state index contributed by atoms with van der Waals surface area (Å²) in [6.07, 6.45) is 1.32. The second-order valence-corrected chi connectivity index (χ2v) is 6.12. The smallest absolute Gasteiger partial charge is 0.317 e. The number of piperidine rings is 1. The number of hydrogen-bond acceptors (Lipinski definition) is 4. The molecular weight excluding hydrogens is 322 g/mol. The van der Waals surface area contributed by atoms with Gasteiger partial charge in [-0.05, 0) is 24.5 Å². The number of carbonyl (C=O) groups is 2. The van der Waals surface area contributed by atoms with E-state index in [1.54, 1.807) is 18.1 Å². The maximum Gasteiger partial charge on any atom is 0.317 e. The lowest BCUT2D eigenvalue weighted by Gasteiger charge is -2.30. The fourth-order valence-corrected chi connectivity index (χ4v) is 3.12. The third-order valence-corrected chi connectivity index (χ3v) is 4.48. The first-order valence-electron chi connectivity index (χ1n) is 8.26. The van der Waals surface area contributed by atoms with Gasteiger partial charge in [0.1, 0.15) is 0 Å². The fraction of sp³-hybridized carbons (Fsp3) is 0.389. The molecule has 1 fully saturated rings. The van der Waals surface area contributed by atoms with E-state index in [0.717, 1.165) is 16.5 Å². The summed E-state index contributed by atoms with van der Waals surface area (Å²) in [4.78, 5) is 29.5. The van der Waals surface area contributed by atoms with Gasteiger partial charge < -0.3 is 20.1 Å². The van der Waals surface area contributed by atoms with E-state index in [-0.39, 0.29) is 12.6 Å². The van der Waals surface area contributed by atoms with Crippen LogP contribution in [0.1, 0.15) is 18.4 Å². The van der Waals surface area contributed by atoms with Crippen molar-refractivity contribution in [1.29, 1.82) is 0 Å². The number of nitrogens with zero attached hydrogens (tertiary/aromatic N) is 2. The molecule has 1 unspecified atom stereocenters. The number of benzene rings is 1. The number of urea groups is 1. The number of aliphatic carboxylic acids is 1. The van der Waals surface area contributed by atoms with Crippen LogP contribution in [0.25, 0.3) is 10.9 Å². The van der Waals surface area contributed by atoms with E-state index >= 15 is 0 Å². The molecule has 1 saturated heterocycles. The second kappa shape index (κ2) is 7.38. The van der Waals surface area contributed by atoms with Crippen LogP contribution in [-0.4, -0.2) is 47.2 Å². The van der Waals surface area contributed by atoms with Gasteiger partial charge in [0.2, 0.25) is 5.88 Å². The van der Waals surface area contributed by atoms with Crippen molar-refractivity contribution in [2.75, 3.05) is 20.2 Å². The molecule has 7 nitrogen and oxygen atoms in total. The van der Waals surface area contributed by atoms with Crippen LogP contribution in [-0.2, 0) is 11.3 Å². The number of ether oxygens (including phenoxy) is 1. The van der Waals surface area contributed by atoms with Crippen molar-refractivity contribution in [3.8, 4) is 5.88 Å². The Hall–Kier alpha value is -2.83. The molecule has 2 aromatic rings. The standard InChI is InChI=1S/C18H21N3O4/c1-25-16-9-13(14-6-2-3-7-15(14)20-16)10-19-18(24)21-8-4-5-12(11-21)17(22)23/h2-3,6-7,9,12H,4-5,8,10-11H2,1H3,(H,19,24)(H,22,23). The Morgan fingerprint density at radius 3 is 2.96 bits per heavy atom. The van der Waals surface area contributed by atoms with Gasteiger partial charge in [0, 0.05) is 31.1 Å². The fourth-order valence-electron chi connectivity index (χ4n) is 3.12. The van der Waals surface area contributed by atoms with E-state index in [1.165, 1.54) is 0 Å². The van der Waals surface area contributed by atoms with E-state index in [2.05, 4.69) is 10.3 Å². The average molecular weight is 343 g/mol. The zero-order chi connectivity index (χ0) is 17.8. The molecule has 132 valence electrons. The normalized spacial score (nSPS) is 17.3. The van der Waals surface area contributed by atoms with Gasteiger partial charge in [-0.1, -0.05) is 18.2 Å². The highest BCUT2D eigenvalue weighted by molar-refractivity contribution is 5.83. The zero-order valence-electron chi connectivity index (χ0n) is 14.1. The molecule has 2 amide bonds. The summed E-state index contributed by atoms with van der Waals surface area (Å²) in [5, 5.41) is 13.0. The van der Waals surface area contributed by atoms with Crippen LogP contribution in [0.2, 0.25) is 0 Å². The molecule has 1 aliphatic heterocycles. The van der Waals surface area contributed by atoms with Crippen molar-refractivity contribution in [2.24, 2.45) is 5.92 Å². The molecule has 1 aromatic carbocycles. The number of pyridine rings is 1. The molecule has 1 atom stereocenters. The topological polar surface area (TPSA) is 91.8 Å². The minimum Gasteiger partial charge on any atom is -0.481 e. The van der Waals surface area contributed by atoms with Crippen molar-refractivity contribution < 1.29 is 19.4 Å². The van der Waals surface area contributed by atoms with Gasteiger partial charge in [0.05, 0.1) is 18.5 Å². The highest BCUT2D eigenvalue weighted by Gasteiger charge is 2.28. The predicted octanol–water partition coefficient (Wildman–Crippen LogP) is 2.25. The van der Waals surface area contributed by atoms with Crippen molar-refractivity contribution in [3.05, 3.63) is 35.9 Å². The summed E-state index contributed by atoms with van der Waals surface area (Å²) >= 11 is 0. The Kier molecular flexibility index (Phi) is 5.02. The molecule has 7 heteroatoms. The summed E-state index contributed by atoms with van der Waals surface area (Å²) < 4.78 is 5.23. The number of carboxylic acid groups (broad SMARTS) is 1. The van der Waals surface area contributed by atoms with Crippen LogP contribution in [0.3, 0.4) is 0 Å². The van der Waals surface area contributed by atoms with Crippen LogP contribution in [0.4, 0.5) is 4.79 Å². The molecule has 3 rings (SSSR count). The average Bonchev–Trinajstić information content (AvgIpc) is 2.65. The predicted molar refractivity (Wildman–Crippen MR) is 92.5 cm³/mol. The maximum atomic E-state index is 12.4. The first-order valence-corrected chi connectivity index (χ1v) is 8.26. The van der Waals surface area contributed by atoms with Gasteiger partial charge in [-0.2, -0.15) is 0 Å². The number of hydrogen-bond donors (Lipinski definition) is 2. The second-order valence-electron chi connectivity index (χ2n) is 6.12. The van der Waals surface area contributed by atoms with E-state index in [4.69, 9.17) is 9.84 Å². The Balaban J connectivity index is 1.72. The molecule has 25 heavy (non-hydrogen) atoms. The van der Waals surface area contributed by atoms with Crippen LogP contribution < -0.4 is 10.1 Å². The van der Waals surface area contributed by atoms with Crippen LogP contribution in [0, 0.1) is 5.92 Å². The van der Waals surface area contributed by atoms with E-state index in [1.807, 2.05) is 24.3 Å². The third-order valence-electron chi connectivity index (χ3n) is 4.48. The molecule has 2 N–H and O–H groups in total. The number of likely N-dealkylation sites (tertiary alicyclic amines) is 1. The van der Waals surface area contributed by atoms with Crippen molar-refractivity contribution >= 4 is 22.9 Å². The molecule has 1 aliphatic rings. The zero-order valence-corrected chi connectivity index (χ0v) is 14.1. The number of rotatable bonds is 4. The van der Waals surface area contributed by atoms with Gasteiger partial charge in [-0.25, -0.2) is 9.78 Å². The lowest BCUT2D eigenvalue weighted by molar-refractivity contribution is -0.143. The first kappa shape index (κ1) is 17.0. The third kappa shape index (κ3) is 3.81. The molecule has 0 aliphatic carbocycles. The quantitative estimate of drug-likeness (QED) is 0.888. The molecule has 0 radical (unpaired) electrons. The van der Waals surface area contributed by atoms with E-state index in [0.29, 0.717) is 31.8 Å². The number of amides is 2. The number of fused-ring (bicyclic) bond motifs is 1. The summed E-state index contributed by atoms with van der Waals surface area (Å²) in [5.41, 5.74) is 1.71. The summed E-state index contributed by atoms with van der Waals surface area (Å²) in [6.45, 7) is 1.16. The Morgan fingerprint density at radius 2 is 2.20 bits per heavy atom. The molecular formula is C18H21N3O4. The van der Waals surface area contributed by atoms with E-state index < -0.39 is 11.9 Å². The number of carbonyl (C=O) groups excluding carboxylic acids is 1. The van der Waals surface area contributed by atoms with Gasteiger partial charge in [-0.15, -0.1) is 0 Å². The Labute approximate surface area is 145 Å². The van der Waals surface area contributed by atoms with Gasteiger partial charge in [-0.3, -0.25) is 4.79 Å². The van der Waals surface area contributed by atoms with Gasteiger partial charge in [0.25, 0.3) is 0 Å².